The Hall–Kier alpha value is -3.09. The van der Waals surface area contributed by atoms with E-state index >= 15 is 0 Å². The van der Waals surface area contributed by atoms with Gasteiger partial charge in [0.1, 0.15) is 24.9 Å². The summed E-state index contributed by atoms with van der Waals surface area (Å²) in [6.07, 6.45) is 25.9. The fourth-order valence-corrected chi connectivity index (χ4v) is 5.12. The number of hydrogen-bond acceptors (Lipinski definition) is 10. The zero-order chi connectivity index (χ0) is 37.5. The second-order valence-electron chi connectivity index (χ2n) is 12.7. The number of aliphatic hydroxyl groups is 3. The van der Waals surface area contributed by atoms with Crippen molar-refractivity contribution in [1.29, 1.82) is 0 Å². The van der Waals surface area contributed by atoms with Crippen molar-refractivity contribution in [3.05, 3.63) is 60.8 Å². The first-order chi connectivity index (χ1) is 24.7. The van der Waals surface area contributed by atoms with E-state index in [0.717, 1.165) is 64.2 Å². The quantitative estimate of drug-likeness (QED) is 0.0364. The zero-order valence-corrected chi connectivity index (χ0v) is 30.8. The van der Waals surface area contributed by atoms with E-state index in [0.29, 0.717) is 12.8 Å². The third kappa shape index (κ3) is 23.2. The molecule has 0 bridgehead atoms. The Labute approximate surface area is 305 Å². The molecule has 4 N–H and O–H groups in total. The summed E-state index contributed by atoms with van der Waals surface area (Å²) in [5.74, 6) is -2.57. The van der Waals surface area contributed by atoms with Crippen molar-refractivity contribution >= 4 is 17.9 Å². The average Bonchev–Trinajstić information content (AvgIpc) is 3.11. The number of allylic oxidation sites excluding steroid dienone is 10. The number of carbonyl (C=O) groups is 3. The fraction of sp³-hybridized carbons (Fsp3) is 0.675. The van der Waals surface area contributed by atoms with Crippen LogP contribution in [0.15, 0.2) is 60.8 Å². The lowest BCUT2D eigenvalue weighted by molar-refractivity contribution is -0.298. The molecule has 6 atom stereocenters. The van der Waals surface area contributed by atoms with Crippen molar-refractivity contribution in [2.45, 2.75) is 160 Å². The molecule has 0 aliphatic carbocycles. The summed E-state index contributed by atoms with van der Waals surface area (Å²) in [6, 6.07) is 0. The Bertz CT molecular complexity index is 1080. The van der Waals surface area contributed by atoms with E-state index in [2.05, 4.69) is 62.5 Å². The van der Waals surface area contributed by atoms with Crippen LogP contribution in [0, 0.1) is 0 Å². The summed E-state index contributed by atoms with van der Waals surface area (Å²) in [4.78, 5) is 36.5. The highest BCUT2D eigenvalue weighted by Crippen LogP contribution is 2.23. The first kappa shape index (κ1) is 45.9. The largest absolute Gasteiger partial charge is 0.479 e. The van der Waals surface area contributed by atoms with Crippen LogP contribution in [-0.4, -0.2) is 88.4 Å². The van der Waals surface area contributed by atoms with Crippen LogP contribution in [0.2, 0.25) is 0 Å². The SMILES string of the molecule is CC/C=C\C/C=C\C/C=C\C/C=C\CCC(=O)OCC(COC1OC(C(=O)O)C(O)C(O)C1O)OC(=O)CCCCCCC/C=C\CCCCC. The predicted molar refractivity (Wildman–Crippen MR) is 197 cm³/mol. The van der Waals surface area contributed by atoms with Crippen LogP contribution in [0.1, 0.15) is 123 Å². The monoisotopic (exact) mass is 720 g/mol. The maximum atomic E-state index is 12.7. The second kappa shape index (κ2) is 30.5. The lowest BCUT2D eigenvalue weighted by atomic mass is 9.99. The molecule has 0 saturated carbocycles. The van der Waals surface area contributed by atoms with Gasteiger partial charge >= 0.3 is 17.9 Å². The van der Waals surface area contributed by atoms with Gasteiger partial charge in [0.05, 0.1) is 6.61 Å². The Balaban J connectivity index is 2.52. The number of carboxylic acids is 1. The topological polar surface area (TPSA) is 169 Å². The van der Waals surface area contributed by atoms with Gasteiger partial charge in [-0.15, -0.1) is 0 Å². The van der Waals surface area contributed by atoms with Crippen LogP contribution in [0.25, 0.3) is 0 Å². The van der Waals surface area contributed by atoms with Crippen LogP contribution in [0.5, 0.6) is 0 Å². The summed E-state index contributed by atoms with van der Waals surface area (Å²) in [7, 11) is 0. The summed E-state index contributed by atoms with van der Waals surface area (Å²) >= 11 is 0. The molecule has 1 aliphatic rings. The molecule has 290 valence electrons. The van der Waals surface area contributed by atoms with E-state index in [-0.39, 0.29) is 19.4 Å². The Morgan fingerprint density at radius 3 is 1.82 bits per heavy atom. The van der Waals surface area contributed by atoms with Gasteiger partial charge in [-0.2, -0.15) is 0 Å². The molecule has 0 aromatic rings. The third-order valence-electron chi connectivity index (χ3n) is 8.11. The highest BCUT2D eigenvalue weighted by molar-refractivity contribution is 5.73. The van der Waals surface area contributed by atoms with Gasteiger partial charge in [0, 0.05) is 12.8 Å². The summed E-state index contributed by atoms with van der Waals surface area (Å²) in [5.41, 5.74) is 0. The number of hydrogen-bond donors (Lipinski definition) is 4. The van der Waals surface area contributed by atoms with Gasteiger partial charge in [0.2, 0.25) is 0 Å². The molecule has 1 rings (SSSR count). The Morgan fingerprint density at radius 2 is 1.20 bits per heavy atom. The molecular weight excluding hydrogens is 656 g/mol. The molecule has 0 radical (unpaired) electrons. The number of rotatable bonds is 29. The summed E-state index contributed by atoms with van der Waals surface area (Å²) < 4.78 is 21.5. The van der Waals surface area contributed by atoms with E-state index in [1.807, 2.05) is 12.2 Å². The molecule has 1 saturated heterocycles. The lowest BCUT2D eigenvalue weighted by Crippen LogP contribution is -2.60. The first-order valence-corrected chi connectivity index (χ1v) is 18.8. The first-order valence-electron chi connectivity index (χ1n) is 18.8. The number of esters is 2. The number of carboxylic acid groups (broad SMARTS) is 1. The predicted octanol–water partition coefficient (Wildman–Crippen LogP) is 6.80. The van der Waals surface area contributed by atoms with Crippen LogP contribution >= 0.6 is 0 Å². The van der Waals surface area contributed by atoms with Crippen LogP contribution in [0.3, 0.4) is 0 Å². The van der Waals surface area contributed by atoms with E-state index in [1.54, 1.807) is 0 Å². The van der Waals surface area contributed by atoms with Gasteiger partial charge in [-0.05, 0) is 64.2 Å². The minimum Gasteiger partial charge on any atom is -0.479 e. The molecule has 1 heterocycles. The van der Waals surface area contributed by atoms with Gasteiger partial charge in [0.15, 0.2) is 18.5 Å². The van der Waals surface area contributed by atoms with E-state index in [4.69, 9.17) is 18.9 Å². The number of aliphatic hydroxyl groups excluding tert-OH is 3. The third-order valence-corrected chi connectivity index (χ3v) is 8.11. The molecule has 1 aliphatic heterocycles. The number of aliphatic carboxylic acids is 1. The van der Waals surface area contributed by atoms with E-state index < -0.39 is 61.3 Å². The van der Waals surface area contributed by atoms with Gasteiger partial charge in [-0.25, -0.2) is 4.79 Å². The highest BCUT2D eigenvalue weighted by Gasteiger charge is 2.47. The number of ether oxygens (including phenoxy) is 4. The van der Waals surface area contributed by atoms with E-state index in [9.17, 15) is 34.8 Å². The van der Waals surface area contributed by atoms with Gasteiger partial charge in [-0.3, -0.25) is 9.59 Å². The van der Waals surface area contributed by atoms with Crippen molar-refractivity contribution in [2.75, 3.05) is 13.2 Å². The van der Waals surface area contributed by atoms with Crippen molar-refractivity contribution in [1.82, 2.24) is 0 Å². The minimum absolute atomic E-state index is 0.110. The van der Waals surface area contributed by atoms with Crippen molar-refractivity contribution in [3.8, 4) is 0 Å². The van der Waals surface area contributed by atoms with Crippen LogP contribution in [0.4, 0.5) is 0 Å². The standard InChI is InChI=1S/C40H64O11/c1-3-5-7-9-11-13-15-17-19-20-22-24-26-28-33(41)48-30-32(31-49-40-37(45)35(43)36(44)38(51-40)39(46)47)50-34(42)29-27-25-23-21-18-16-14-12-10-8-6-4-2/h5,7,11-14,17,19,22,24,32,35-38,40,43-45H,3-4,6,8-10,15-16,18,20-21,23,25-31H2,1-2H3,(H,46,47)/b7-5-,13-11-,14-12-,19-17-,24-22-. The molecule has 6 unspecified atom stereocenters. The molecule has 1 fully saturated rings. The molecule has 51 heavy (non-hydrogen) atoms. The van der Waals surface area contributed by atoms with Crippen molar-refractivity contribution in [2.24, 2.45) is 0 Å². The molecule has 0 aromatic heterocycles. The maximum absolute atomic E-state index is 12.7. The van der Waals surface area contributed by atoms with E-state index in [1.165, 1.54) is 19.3 Å². The number of carbonyl (C=O) groups excluding carboxylic acids is 2. The molecule has 11 nitrogen and oxygen atoms in total. The Morgan fingerprint density at radius 1 is 0.627 bits per heavy atom. The van der Waals surface area contributed by atoms with Gasteiger partial charge in [-0.1, -0.05) is 107 Å². The average molecular weight is 721 g/mol. The minimum atomic E-state index is -1.87. The summed E-state index contributed by atoms with van der Waals surface area (Å²) in [5, 5.41) is 39.6. The molecule has 11 heteroatoms. The molecule has 0 spiro atoms. The lowest BCUT2D eigenvalue weighted by Gasteiger charge is -2.38. The maximum Gasteiger partial charge on any atom is 0.335 e. The molecular formula is C40H64O11. The van der Waals surface area contributed by atoms with Crippen molar-refractivity contribution < 1.29 is 53.8 Å². The normalized spacial score (nSPS) is 21.8. The Kier molecular flexibility index (Phi) is 27.5. The second-order valence-corrected chi connectivity index (χ2v) is 12.7. The zero-order valence-electron chi connectivity index (χ0n) is 30.8. The van der Waals surface area contributed by atoms with Crippen molar-refractivity contribution in [3.63, 3.8) is 0 Å². The van der Waals surface area contributed by atoms with Crippen LogP contribution in [-0.2, 0) is 33.3 Å². The van der Waals surface area contributed by atoms with Crippen LogP contribution < -0.4 is 0 Å². The molecule has 0 amide bonds. The molecule has 0 aromatic carbocycles. The smallest absolute Gasteiger partial charge is 0.335 e. The highest BCUT2D eigenvalue weighted by atomic mass is 16.7. The summed E-state index contributed by atoms with van der Waals surface area (Å²) in [6.45, 7) is 3.55. The number of unbranched alkanes of at least 4 members (excludes halogenated alkanes) is 8. The van der Waals surface area contributed by atoms with Gasteiger partial charge in [0.25, 0.3) is 0 Å². The fourth-order valence-electron chi connectivity index (χ4n) is 5.12. The van der Waals surface area contributed by atoms with Gasteiger partial charge < -0.3 is 39.4 Å².